The lowest BCUT2D eigenvalue weighted by Crippen LogP contribution is -2.44. The first-order valence-corrected chi connectivity index (χ1v) is 7.45. The lowest BCUT2D eigenvalue weighted by Gasteiger charge is -2.25. The Hall–Kier alpha value is -1.62. The summed E-state index contributed by atoms with van der Waals surface area (Å²) in [6.07, 6.45) is 4.96. The van der Waals surface area contributed by atoms with Crippen molar-refractivity contribution >= 4 is 29.3 Å². The van der Waals surface area contributed by atoms with Gasteiger partial charge < -0.3 is 10.4 Å². The van der Waals surface area contributed by atoms with E-state index in [1.807, 2.05) is 26.8 Å². The fraction of sp³-hybridized carbons (Fsp3) is 0.467. The summed E-state index contributed by atoms with van der Waals surface area (Å²) in [6, 6.07) is 1.81. The maximum atomic E-state index is 12.3. The van der Waals surface area contributed by atoms with E-state index in [0.717, 1.165) is 16.5 Å². The van der Waals surface area contributed by atoms with Crippen LogP contribution in [-0.2, 0) is 4.79 Å². The molecule has 1 aliphatic rings. The van der Waals surface area contributed by atoms with Crippen molar-refractivity contribution in [3.63, 3.8) is 0 Å². The summed E-state index contributed by atoms with van der Waals surface area (Å²) >= 11 is 1.32. The molecule has 0 aromatic carbocycles. The van der Waals surface area contributed by atoms with Gasteiger partial charge in [-0.05, 0) is 57.2 Å². The molecule has 0 atom stereocenters. The molecule has 1 saturated carbocycles. The molecule has 0 aliphatic heterocycles. The van der Waals surface area contributed by atoms with Crippen LogP contribution in [0.15, 0.2) is 12.1 Å². The molecule has 0 unspecified atom stereocenters. The van der Waals surface area contributed by atoms with Gasteiger partial charge in [-0.1, -0.05) is 0 Å². The van der Waals surface area contributed by atoms with E-state index in [-0.39, 0.29) is 11.4 Å². The number of aliphatic carboxylic acids is 1. The van der Waals surface area contributed by atoms with E-state index in [4.69, 9.17) is 5.11 Å². The summed E-state index contributed by atoms with van der Waals surface area (Å²) in [5.74, 6) is -0.498. The van der Waals surface area contributed by atoms with Gasteiger partial charge >= 0.3 is 5.97 Å². The van der Waals surface area contributed by atoms with Gasteiger partial charge in [0.05, 0.1) is 4.88 Å². The van der Waals surface area contributed by atoms with Crippen LogP contribution in [0.4, 0.5) is 0 Å². The monoisotopic (exact) mass is 293 g/mol. The van der Waals surface area contributed by atoms with Gasteiger partial charge in [-0.15, -0.1) is 11.3 Å². The highest BCUT2D eigenvalue weighted by Crippen LogP contribution is 2.39. The molecular weight excluding hydrogens is 274 g/mol. The van der Waals surface area contributed by atoms with E-state index in [1.165, 1.54) is 30.3 Å². The van der Waals surface area contributed by atoms with Crippen LogP contribution in [0.2, 0.25) is 0 Å². The Morgan fingerprint density at radius 3 is 2.65 bits per heavy atom. The van der Waals surface area contributed by atoms with Crippen LogP contribution in [0.1, 0.15) is 46.8 Å². The molecule has 1 aliphatic carbocycles. The predicted octanol–water partition coefficient (Wildman–Crippen LogP) is 3.07. The topological polar surface area (TPSA) is 66.4 Å². The first-order valence-electron chi connectivity index (χ1n) is 6.63. The number of amides is 1. The summed E-state index contributed by atoms with van der Waals surface area (Å²) in [5.41, 5.74) is 0.744. The fourth-order valence-electron chi connectivity index (χ4n) is 2.18. The fourth-order valence-corrected chi connectivity index (χ4v) is 3.15. The molecular formula is C15H19NO3S. The Kier molecular flexibility index (Phi) is 3.99. The number of carbonyl (C=O) groups excluding carboxylic acids is 1. The van der Waals surface area contributed by atoms with Crippen LogP contribution in [0.5, 0.6) is 0 Å². The van der Waals surface area contributed by atoms with E-state index in [9.17, 15) is 9.59 Å². The SMILES string of the molecule is Cc1cc(C(=O)NC(C)(C)C2CC2)sc1/C=C/C(=O)O. The number of aryl methyl sites for hydroxylation is 1. The Balaban J connectivity index is 2.11. The van der Waals surface area contributed by atoms with Crippen LogP contribution in [-0.4, -0.2) is 22.5 Å². The molecule has 1 amide bonds. The smallest absolute Gasteiger partial charge is 0.328 e. The lowest BCUT2D eigenvalue weighted by molar-refractivity contribution is -0.131. The third-order valence-electron chi connectivity index (χ3n) is 3.59. The molecule has 1 heterocycles. The molecule has 2 rings (SSSR count). The standard InChI is InChI=1S/C15H19NO3S/c1-9-8-12(20-11(9)6-7-13(17)18)14(19)16-15(2,3)10-4-5-10/h6-8,10H,4-5H2,1-3H3,(H,16,19)(H,17,18)/b7-6+. The quantitative estimate of drug-likeness (QED) is 0.820. The molecule has 2 N–H and O–H groups in total. The van der Waals surface area contributed by atoms with Crippen LogP contribution >= 0.6 is 11.3 Å². The summed E-state index contributed by atoms with van der Waals surface area (Å²) in [7, 11) is 0. The van der Waals surface area contributed by atoms with Gasteiger partial charge in [-0.3, -0.25) is 4.79 Å². The highest BCUT2D eigenvalue weighted by atomic mass is 32.1. The van der Waals surface area contributed by atoms with E-state index >= 15 is 0 Å². The van der Waals surface area contributed by atoms with Crippen LogP contribution in [0, 0.1) is 12.8 Å². The van der Waals surface area contributed by atoms with E-state index in [1.54, 1.807) is 0 Å². The third-order valence-corrected chi connectivity index (χ3v) is 4.79. The van der Waals surface area contributed by atoms with Gasteiger partial charge in [0.2, 0.25) is 0 Å². The third kappa shape index (κ3) is 3.48. The largest absolute Gasteiger partial charge is 0.478 e. The maximum absolute atomic E-state index is 12.3. The van der Waals surface area contributed by atoms with E-state index in [2.05, 4.69) is 5.32 Å². The summed E-state index contributed by atoms with van der Waals surface area (Å²) in [6.45, 7) is 5.98. The Bertz CT molecular complexity index is 568. The van der Waals surface area contributed by atoms with Crippen molar-refractivity contribution in [3.8, 4) is 0 Å². The molecule has 20 heavy (non-hydrogen) atoms. The average Bonchev–Trinajstić information content (AvgIpc) is 3.11. The van der Waals surface area contributed by atoms with Crippen molar-refractivity contribution in [1.29, 1.82) is 0 Å². The highest BCUT2D eigenvalue weighted by Gasteiger charge is 2.39. The van der Waals surface area contributed by atoms with E-state index < -0.39 is 5.97 Å². The number of nitrogens with one attached hydrogen (secondary N) is 1. The zero-order valence-electron chi connectivity index (χ0n) is 11.9. The molecule has 1 aromatic heterocycles. The predicted molar refractivity (Wildman–Crippen MR) is 80.0 cm³/mol. The van der Waals surface area contributed by atoms with Crippen molar-refractivity contribution in [2.75, 3.05) is 0 Å². The van der Waals surface area contributed by atoms with Gasteiger partial charge in [0.25, 0.3) is 5.91 Å². The molecule has 4 nitrogen and oxygen atoms in total. The van der Waals surface area contributed by atoms with Crippen molar-refractivity contribution in [1.82, 2.24) is 5.32 Å². The molecule has 0 saturated heterocycles. The maximum Gasteiger partial charge on any atom is 0.328 e. The number of hydrogen-bond acceptors (Lipinski definition) is 3. The molecule has 1 fully saturated rings. The summed E-state index contributed by atoms with van der Waals surface area (Å²) < 4.78 is 0. The number of rotatable bonds is 5. The van der Waals surface area contributed by atoms with Gasteiger partial charge in [0.15, 0.2) is 0 Å². The average molecular weight is 293 g/mol. The van der Waals surface area contributed by atoms with Crippen LogP contribution in [0.25, 0.3) is 6.08 Å². The van der Waals surface area contributed by atoms with Crippen LogP contribution in [0.3, 0.4) is 0 Å². The van der Waals surface area contributed by atoms with Crippen molar-refractivity contribution < 1.29 is 14.7 Å². The number of carboxylic acid groups (broad SMARTS) is 1. The molecule has 108 valence electrons. The van der Waals surface area contributed by atoms with Crippen molar-refractivity contribution in [3.05, 3.63) is 27.5 Å². The van der Waals surface area contributed by atoms with E-state index in [0.29, 0.717) is 10.8 Å². The minimum Gasteiger partial charge on any atom is -0.478 e. The second-order valence-corrected chi connectivity index (χ2v) is 6.86. The Morgan fingerprint density at radius 1 is 1.45 bits per heavy atom. The zero-order valence-corrected chi connectivity index (χ0v) is 12.7. The lowest BCUT2D eigenvalue weighted by atomic mass is 9.99. The first-order chi connectivity index (χ1) is 9.29. The number of carboxylic acids is 1. The van der Waals surface area contributed by atoms with Gasteiger partial charge in [-0.25, -0.2) is 4.79 Å². The summed E-state index contributed by atoms with van der Waals surface area (Å²) in [4.78, 5) is 24.2. The minimum absolute atomic E-state index is 0.0787. The second-order valence-electron chi connectivity index (χ2n) is 5.78. The number of hydrogen-bond donors (Lipinski definition) is 2. The van der Waals surface area contributed by atoms with Gasteiger partial charge in [-0.2, -0.15) is 0 Å². The van der Waals surface area contributed by atoms with Gasteiger partial charge in [0, 0.05) is 16.5 Å². The molecule has 0 radical (unpaired) electrons. The molecule has 5 heteroatoms. The summed E-state index contributed by atoms with van der Waals surface area (Å²) in [5, 5.41) is 11.7. The molecule has 0 spiro atoms. The second kappa shape index (κ2) is 5.40. The van der Waals surface area contributed by atoms with Gasteiger partial charge in [0.1, 0.15) is 0 Å². The van der Waals surface area contributed by atoms with Crippen molar-refractivity contribution in [2.45, 2.75) is 39.2 Å². The zero-order chi connectivity index (χ0) is 14.9. The number of thiophene rings is 1. The number of carbonyl (C=O) groups is 2. The highest BCUT2D eigenvalue weighted by molar-refractivity contribution is 7.15. The molecule has 0 bridgehead atoms. The van der Waals surface area contributed by atoms with Crippen molar-refractivity contribution in [2.24, 2.45) is 5.92 Å². The van der Waals surface area contributed by atoms with Crippen LogP contribution < -0.4 is 5.32 Å². The normalized spacial score (nSPS) is 15.6. The molecule has 1 aromatic rings. The first kappa shape index (κ1) is 14.8. The Morgan fingerprint density at radius 2 is 2.10 bits per heavy atom. The Labute approximate surface area is 122 Å². The minimum atomic E-state index is -0.987.